The van der Waals surface area contributed by atoms with Crippen molar-refractivity contribution >= 4 is 34.2 Å². The summed E-state index contributed by atoms with van der Waals surface area (Å²) in [5.74, 6) is -1.09. The molecule has 174 valence electrons. The van der Waals surface area contributed by atoms with Gasteiger partial charge in [-0.3, -0.25) is 9.59 Å². The molecule has 2 aromatic rings. The molecule has 1 amide bonds. The van der Waals surface area contributed by atoms with Crippen LogP contribution in [0.25, 0.3) is 0 Å². The molecule has 0 spiro atoms. The van der Waals surface area contributed by atoms with E-state index in [4.69, 9.17) is 9.47 Å². The van der Waals surface area contributed by atoms with Gasteiger partial charge in [0.15, 0.2) is 0 Å². The zero-order valence-electron chi connectivity index (χ0n) is 18.9. The zero-order chi connectivity index (χ0) is 23.8. The highest BCUT2D eigenvalue weighted by Crippen LogP contribution is 2.45. The van der Waals surface area contributed by atoms with E-state index < -0.39 is 11.4 Å². The zero-order valence-corrected chi connectivity index (χ0v) is 19.8. The van der Waals surface area contributed by atoms with E-state index in [-0.39, 0.29) is 31.3 Å². The van der Waals surface area contributed by atoms with Crippen LogP contribution in [-0.2, 0) is 37.3 Å². The quantitative estimate of drug-likeness (QED) is 0.542. The van der Waals surface area contributed by atoms with Gasteiger partial charge in [-0.2, -0.15) is 5.26 Å². The van der Waals surface area contributed by atoms with Gasteiger partial charge in [0.1, 0.15) is 5.00 Å². The molecular formula is C25H28N2O5S. The molecule has 1 atom stereocenters. The van der Waals surface area contributed by atoms with Crippen molar-refractivity contribution in [2.24, 2.45) is 0 Å². The maximum absolute atomic E-state index is 12.8. The molecule has 0 fully saturated rings. The molecular weight excluding hydrogens is 440 g/mol. The lowest BCUT2D eigenvalue weighted by Gasteiger charge is -2.31. The predicted octanol–water partition coefficient (Wildman–Crippen LogP) is 4.55. The minimum Gasteiger partial charge on any atom is -0.466 e. The van der Waals surface area contributed by atoms with Crippen LogP contribution in [0.4, 0.5) is 5.00 Å². The number of nitriles is 1. The first-order chi connectivity index (χ1) is 15.9. The molecule has 1 heterocycles. The van der Waals surface area contributed by atoms with Gasteiger partial charge in [-0.15, -0.1) is 11.3 Å². The number of carbonyl (C=O) groups is 3. The highest BCUT2D eigenvalue weighted by molar-refractivity contribution is 7.17. The van der Waals surface area contributed by atoms with E-state index in [0.29, 0.717) is 42.9 Å². The molecule has 1 aliphatic carbocycles. The number of hydrogen-bond donors (Lipinski definition) is 1. The van der Waals surface area contributed by atoms with Crippen LogP contribution in [0.2, 0.25) is 0 Å². The van der Waals surface area contributed by atoms with Crippen LogP contribution < -0.4 is 5.32 Å². The summed E-state index contributed by atoms with van der Waals surface area (Å²) in [5.41, 5.74) is 1.51. The van der Waals surface area contributed by atoms with Gasteiger partial charge < -0.3 is 14.8 Å². The number of ether oxygens (including phenoxy) is 2. The summed E-state index contributed by atoms with van der Waals surface area (Å²) in [6, 6.07) is 12.2. The van der Waals surface area contributed by atoms with E-state index in [9.17, 15) is 19.6 Å². The van der Waals surface area contributed by atoms with Crippen molar-refractivity contribution in [3.8, 4) is 6.07 Å². The Kier molecular flexibility index (Phi) is 8.23. The number of thiophene rings is 1. The summed E-state index contributed by atoms with van der Waals surface area (Å²) < 4.78 is 10.2. The third-order valence-electron chi connectivity index (χ3n) is 5.72. The van der Waals surface area contributed by atoms with Crippen molar-refractivity contribution < 1.29 is 23.9 Å². The Hall–Kier alpha value is -3.18. The number of carbonyl (C=O) groups excluding carboxylic acids is 3. The number of amides is 1. The Morgan fingerprint density at radius 2 is 1.85 bits per heavy atom. The van der Waals surface area contributed by atoms with Crippen LogP contribution in [0.15, 0.2) is 30.3 Å². The number of nitrogens with one attached hydrogen (secondary N) is 1. The molecule has 1 aliphatic rings. The minimum atomic E-state index is -0.675. The molecule has 0 bridgehead atoms. The van der Waals surface area contributed by atoms with Crippen LogP contribution in [0.5, 0.6) is 0 Å². The maximum atomic E-state index is 12.8. The molecule has 0 unspecified atom stereocenters. The Balaban J connectivity index is 1.83. The second-order valence-corrected chi connectivity index (χ2v) is 8.98. The lowest BCUT2D eigenvalue weighted by molar-refractivity contribution is -0.143. The fraction of sp³-hybridized carbons (Fsp3) is 0.440. The van der Waals surface area contributed by atoms with Crippen LogP contribution in [0, 0.1) is 11.3 Å². The minimum absolute atomic E-state index is 0.135. The Bertz CT molecular complexity index is 1060. The fourth-order valence-electron chi connectivity index (χ4n) is 4.11. The van der Waals surface area contributed by atoms with Crippen molar-refractivity contribution in [3.05, 3.63) is 51.9 Å². The smallest absolute Gasteiger partial charge is 0.341 e. The molecule has 1 aromatic heterocycles. The van der Waals surface area contributed by atoms with Gasteiger partial charge in [-0.05, 0) is 44.2 Å². The third kappa shape index (κ3) is 5.60. The number of benzene rings is 1. The number of fused-ring (bicyclic) bond motifs is 1. The van der Waals surface area contributed by atoms with Crippen molar-refractivity contribution in [1.82, 2.24) is 0 Å². The molecule has 3 rings (SSSR count). The van der Waals surface area contributed by atoms with Gasteiger partial charge in [0.05, 0.1) is 30.3 Å². The Morgan fingerprint density at radius 1 is 1.12 bits per heavy atom. The van der Waals surface area contributed by atoms with Gasteiger partial charge in [0.25, 0.3) is 0 Å². The van der Waals surface area contributed by atoms with Gasteiger partial charge in [0, 0.05) is 24.1 Å². The van der Waals surface area contributed by atoms with Crippen molar-refractivity contribution in [2.75, 3.05) is 18.5 Å². The van der Waals surface area contributed by atoms with Crippen LogP contribution in [0.1, 0.15) is 65.9 Å². The van der Waals surface area contributed by atoms with E-state index in [1.54, 1.807) is 13.8 Å². The normalized spacial score (nSPS) is 16.9. The van der Waals surface area contributed by atoms with Crippen LogP contribution in [-0.4, -0.2) is 31.1 Å². The van der Waals surface area contributed by atoms with E-state index >= 15 is 0 Å². The predicted molar refractivity (Wildman–Crippen MR) is 125 cm³/mol. The first-order valence-corrected chi connectivity index (χ1v) is 12.0. The molecule has 1 N–H and O–H groups in total. The average molecular weight is 469 g/mol. The summed E-state index contributed by atoms with van der Waals surface area (Å²) in [7, 11) is 0. The Morgan fingerprint density at radius 3 is 2.52 bits per heavy atom. The second kappa shape index (κ2) is 11.1. The molecule has 0 radical (unpaired) electrons. The number of anilines is 1. The molecule has 8 heteroatoms. The summed E-state index contributed by atoms with van der Waals surface area (Å²) in [6.45, 7) is 4.00. The van der Waals surface area contributed by atoms with Crippen LogP contribution >= 0.6 is 11.3 Å². The van der Waals surface area contributed by atoms with Gasteiger partial charge in [0.2, 0.25) is 5.91 Å². The third-order valence-corrected chi connectivity index (χ3v) is 6.87. The first-order valence-electron chi connectivity index (χ1n) is 11.2. The molecule has 0 saturated heterocycles. The van der Waals surface area contributed by atoms with E-state index in [1.165, 1.54) is 11.3 Å². The van der Waals surface area contributed by atoms with Gasteiger partial charge in [-0.1, -0.05) is 30.3 Å². The summed E-state index contributed by atoms with van der Waals surface area (Å²) in [5, 5.41) is 13.4. The van der Waals surface area contributed by atoms with Gasteiger partial charge in [-0.25, -0.2) is 4.79 Å². The highest BCUT2D eigenvalue weighted by Gasteiger charge is 2.40. The topological polar surface area (TPSA) is 105 Å². The molecule has 33 heavy (non-hydrogen) atoms. The molecule has 0 aliphatic heterocycles. The van der Waals surface area contributed by atoms with Crippen molar-refractivity contribution in [2.45, 2.75) is 57.8 Å². The Labute approximate surface area is 197 Å². The molecule has 7 nitrogen and oxygen atoms in total. The van der Waals surface area contributed by atoms with E-state index in [0.717, 1.165) is 16.0 Å². The van der Waals surface area contributed by atoms with Gasteiger partial charge >= 0.3 is 11.9 Å². The van der Waals surface area contributed by atoms with Crippen LogP contribution in [0.3, 0.4) is 0 Å². The summed E-state index contributed by atoms with van der Waals surface area (Å²) >= 11 is 1.33. The SMILES string of the molecule is CCOC(=O)CCCC(=O)Nc1sc2c(c1C(=O)OCC)CC[C@](C#N)(c1ccccc1)C2. The lowest BCUT2D eigenvalue weighted by atomic mass is 9.70. The number of esters is 2. The lowest BCUT2D eigenvalue weighted by Crippen LogP contribution is -2.31. The largest absolute Gasteiger partial charge is 0.466 e. The number of nitrogens with zero attached hydrogens (tertiary/aromatic N) is 1. The average Bonchev–Trinajstić information content (AvgIpc) is 3.16. The monoisotopic (exact) mass is 468 g/mol. The van der Waals surface area contributed by atoms with Crippen molar-refractivity contribution in [1.29, 1.82) is 5.26 Å². The summed E-state index contributed by atoms with van der Waals surface area (Å²) in [4.78, 5) is 37.7. The highest BCUT2D eigenvalue weighted by atomic mass is 32.1. The number of hydrogen-bond acceptors (Lipinski definition) is 7. The summed E-state index contributed by atoms with van der Waals surface area (Å²) in [6.07, 6.45) is 2.25. The second-order valence-electron chi connectivity index (χ2n) is 7.87. The maximum Gasteiger partial charge on any atom is 0.341 e. The standard InChI is InChI=1S/C25H28N2O5S/c1-3-31-21(29)12-8-11-20(28)27-23-22(24(30)32-4-2)18-13-14-25(16-26,15-19(18)33-23)17-9-6-5-7-10-17/h5-7,9-10H,3-4,8,11-15H2,1-2H3,(H,27,28)/t25-/m0/s1. The molecule has 1 aromatic carbocycles. The van der Waals surface area contributed by atoms with E-state index in [1.807, 2.05) is 30.3 Å². The first kappa shape index (κ1) is 24.5. The fourth-order valence-corrected chi connectivity index (χ4v) is 5.47. The van der Waals surface area contributed by atoms with Crippen molar-refractivity contribution in [3.63, 3.8) is 0 Å². The molecule has 0 saturated carbocycles. The van der Waals surface area contributed by atoms with E-state index in [2.05, 4.69) is 11.4 Å². The number of rotatable bonds is 9.